The van der Waals surface area contributed by atoms with Crippen LogP contribution in [0.1, 0.15) is 19.3 Å². The molecule has 1 fully saturated rings. The van der Waals surface area contributed by atoms with E-state index < -0.39 is 5.97 Å². The summed E-state index contributed by atoms with van der Waals surface area (Å²) in [6.07, 6.45) is 1.17. The molecular formula is C8H13NO5. The van der Waals surface area contributed by atoms with E-state index in [1.807, 2.05) is 0 Å². The van der Waals surface area contributed by atoms with Crippen LogP contribution in [-0.4, -0.2) is 41.5 Å². The number of carboxylic acids is 1. The lowest BCUT2D eigenvalue weighted by molar-refractivity contribution is -0.129. The van der Waals surface area contributed by atoms with Gasteiger partial charge in [-0.15, -0.1) is 0 Å². The van der Waals surface area contributed by atoms with Crippen molar-refractivity contribution in [1.29, 1.82) is 0 Å². The van der Waals surface area contributed by atoms with E-state index >= 15 is 0 Å². The third kappa shape index (κ3) is 3.31. The molecule has 6 nitrogen and oxygen atoms in total. The molecule has 0 unspecified atom stereocenters. The summed E-state index contributed by atoms with van der Waals surface area (Å²) in [4.78, 5) is 10.4. The van der Waals surface area contributed by atoms with E-state index in [2.05, 4.69) is 5.16 Å². The monoisotopic (exact) mass is 203 g/mol. The first-order valence-electron chi connectivity index (χ1n) is 4.41. The maximum Gasteiger partial charge on any atom is 0.353 e. The molecule has 0 radical (unpaired) electrons. The van der Waals surface area contributed by atoms with Crippen molar-refractivity contribution in [3.8, 4) is 0 Å². The smallest absolute Gasteiger partial charge is 0.353 e. The van der Waals surface area contributed by atoms with Crippen molar-refractivity contribution in [2.24, 2.45) is 5.16 Å². The van der Waals surface area contributed by atoms with E-state index in [-0.39, 0.29) is 18.4 Å². The zero-order valence-corrected chi connectivity index (χ0v) is 7.68. The number of hydrogen-bond donors (Lipinski definition) is 2. The maximum absolute atomic E-state index is 10.4. The highest BCUT2D eigenvalue weighted by molar-refractivity contribution is 6.35. The molecule has 1 rings (SSSR count). The van der Waals surface area contributed by atoms with E-state index in [0.717, 1.165) is 0 Å². The zero-order valence-electron chi connectivity index (χ0n) is 7.68. The van der Waals surface area contributed by atoms with E-state index in [0.29, 0.717) is 26.1 Å². The minimum absolute atomic E-state index is 0.217. The van der Waals surface area contributed by atoms with Crippen molar-refractivity contribution < 1.29 is 24.6 Å². The van der Waals surface area contributed by atoms with Crippen molar-refractivity contribution in [3.05, 3.63) is 0 Å². The predicted octanol–water partition coefficient (Wildman–Crippen LogP) is 0.444. The van der Waals surface area contributed by atoms with Crippen molar-refractivity contribution >= 4 is 11.7 Å². The molecule has 0 spiro atoms. The van der Waals surface area contributed by atoms with Crippen LogP contribution in [0.4, 0.5) is 0 Å². The summed E-state index contributed by atoms with van der Waals surface area (Å²) in [6, 6.07) is 0. The van der Waals surface area contributed by atoms with Gasteiger partial charge in [-0.2, -0.15) is 0 Å². The van der Waals surface area contributed by atoms with E-state index in [4.69, 9.17) is 19.8 Å². The lowest BCUT2D eigenvalue weighted by Crippen LogP contribution is -2.14. The van der Waals surface area contributed by atoms with Crippen LogP contribution in [0.2, 0.25) is 0 Å². The molecule has 0 amide bonds. The number of hydrogen-bond acceptors (Lipinski definition) is 5. The highest BCUT2D eigenvalue weighted by atomic mass is 16.7. The van der Waals surface area contributed by atoms with Crippen molar-refractivity contribution in [3.63, 3.8) is 0 Å². The van der Waals surface area contributed by atoms with Crippen LogP contribution in [0, 0.1) is 0 Å². The number of carboxylic acid groups (broad SMARTS) is 1. The summed E-state index contributed by atoms with van der Waals surface area (Å²) in [6.45, 7) is 1.18. The average molecular weight is 203 g/mol. The minimum Gasteiger partial charge on any atom is -0.477 e. The molecule has 0 aliphatic carbocycles. The zero-order chi connectivity index (χ0) is 10.4. The van der Waals surface area contributed by atoms with Crippen LogP contribution in [0.3, 0.4) is 0 Å². The van der Waals surface area contributed by atoms with Gasteiger partial charge in [0.05, 0.1) is 13.2 Å². The molecule has 0 aromatic carbocycles. The molecule has 1 aliphatic heterocycles. The molecule has 1 aliphatic rings. The molecule has 6 heteroatoms. The number of oxime groups is 1. The molecule has 80 valence electrons. The van der Waals surface area contributed by atoms with Crippen molar-refractivity contribution in [2.75, 3.05) is 13.2 Å². The number of rotatable bonds is 5. The molecular weight excluding hydrogens is 190 g/mol. The van der Waals surface area contributed by atoms with Gasteiger partial charge in [-0.25, -0.2) is 4.79 Å². The molecule has 0 aromatic rings. The normalized spacial score (nSPS) is 18.7. The largest absolute Gasteiger partial charge is 0.477 e. The Hall–Kier alpha value is -1.14. The molecule has 2 N–H and O–H groups in total. The van der Waals surface area contributed by atoms with Gasteiger partial charge in [0, 0.05) is 6.42 Å². The molecule has 1 heterocycles. The number of nitrogens with zero attached hydrogens (tertiary/aromatic N) is 1. The van der Waals surface area contributed by atoms with Crippen LogP contribution in [0.5, 0.6) is 0 Å². The average Bonchev–Trinajstić information content (AvgIpc) is 2.64. The molecule has 0 bridgehead atoms. The Balaban J connectivity index is 2.16. The topological polar surface area (TPSA) is 88.4 Å². The van der Waals surface area contributed by atoms with Crippen LogP contribution in [0.25, 0.3) is 0 Å². The van der Waals surface area contributed by atoms with Gasteiger partial charge < -0.3 is 19.8 Å². The number of carbonyl (C=O) groups is 1. The van der Waals surface area contributed by atoms with Gasteiger partial charge in [0.1, 0.15) is 0 Å². The second kappa shape index (κ2) is 5.56. The quantitative estimate of drug-likeness (QED) is 0.384. The van der Waals surface area contributed by atoms with Crippen LogP contribution in [-0.2, 0) is 14.3 Å². The lowest BCUT2D eigenvalue weighted by atomic mass is 10.1. The first-order chi connectivity index (χ1) is 6.74. The van der Waals surface area contributed by atoms with Gasteiger partial charge in [-0.05, 0) is 12.8 Å². The fourth-order valence-corrected chi connectivity index (χ4v) is 1.21. The second-order valence-electron chi connectivity index (χ2n) is 2.92. The lowest BCUT2D eigenvalue weighted by Gasteiger charge is -2.07. The standard InChI is InChI=1S/C8H13NO5/c10-8(11)6(9-12)2-1-3-7-13-4-5-14-7/h7,12H,1-5H2,(H,10,11). The maximum atomic E-state index is 10.4. The van der Waals surface area contributed by atoms with Gasteiger partial charge in [-0.1, -0.05) is 5.16 Å². The fraction of sp³-hybridized carbons (Fsp3) is 0.750. The number of aliphatic carboxylic acids is 1. The Kier molecular flexibility index (Phi) is 4.34. The van der Waals surface area contributed by atoms with E-state index in [9.17, 15) is 4.79 Å². The number of ether oxygens (including phenoxy) is 2. The Bertz CT molecular complexity index is 222. The predicted molar refractivity (Wildman–Crippen MR) is 46.4 cm³/mol. The summed E-state index contributed by atoms with van der Waals surface area (Å²) in [5, 5.41) is 19.5. The third-order valence-corrected chi connectivity index (χ3v) is 1.91. The van der Waals surface area contributed by atoms with E-state index in [1.165, 1.54) is 0 Å². The molecule has 0 aromatic heterocycles. The molecule has 0 saturated carbocycles. The highest BCUT2D eigenvalue weighted by Gasteiger charge is 2.17. The first kappa shape index (κ1) is 10.9. The highest BCUT2D eigenvalue weighted by Crippen LogP contribution is 2.11. The fourth-order valence-electron chi connectivity index (χ4n) is 1.21. The summed E-state index contributed by atoms with van der Waals surface area (Å²) >= 11 is 0. The van der Waals surface area contributed by atoms with E-state index in [1.54, 1.807) is 0 Å². The molecule has 14 heavy (non-hydrogen) atoms. The van der Waals surface area contributed by atoms with Crippen molar-refractivity contribution in [2.45, 2.75) is 25.6 Å². The second-order valence-corrected chi connectivity index (χ2v) is 2.92. The first-order valence-corrected chi connectivity index (χ1v) is 4.41. The Morgan fingerprint density at radius 3 is 2.57 bits per heavy atom. The Morgan fingerprint density at radius 1 is 1.43 bits per heavy atom. The SMILES string of the molecule is O=C(O)C(CCCC1OCCO1)=NO. The van der Waals surface area contributed by atoms with Gasteiger partial charge in [0.25, 0.3) is 0 Å². The summed E-state index contributed by atoms with van der Waals surface area (Å²) in [7, 11) is 0. The van der Waals surface area contributed by atoms with Crippen LogP contribution in [0.15, 0.2) is 5.16 Å². The minimum atomic E-state index is -1.19. The summed E-state index contributed by atoms with van der Waals surface area (Å²) in [5.74, 6) is -1.19. The van der Waals surface area contributed by atoms with Crippen LogP contribution < -0.4 is 0 Å². The van der Waals surface area contributed by atoms with Gasteiger partial charge in [0.15, 0.2) is 12.0 Å². The molecule has 1 saturated heterocycles. The van der Waals surface area contributed by atoms with Gasteiger partial charge in [0.2, 0.25) is 0 Å². The molecule has 0 atom stereocenters. The summed E-state index contributed by atoms with van der Waals surface area (Å²) in [5.41, 5.74) is -0.233. The van der Waals surface area contributed by atoms with Gasteiger partial charge in [-0.3, -0.25) is 0 Å². The third-order valence-electron chi connectivity index (χ3n) is 1.91. The van der Waals surface area contributed by atoms with Gasteiger partial charge >= 0.3 is 5.97 Å². The Morgan fingerprint density at radius 2 is 2.07 bits per heavy atom. The summed E-state index contributed by atoms with van der Waals surface area (Å²) < 4.78 is 10.3. The van der Waals surface area contributed by atoms with Crippen LogP contribution >= 0.6 is 0 Å². The van der Waals surface area contributed by atoms with Crippen molar-refractivity contribution in [1.82, 2.24) is 0 Å². The Labute approximate surface area is 81.1 Å².